The third kappa shape index (κ3) is 3.00. The number of carbonyl (C=O) groups excluding carboxylic acids is 1. The highest BCUT2D eigenvalue weighted by Gasteiger charge is 2.19. The van der Waals surface area contributed by atoms with Crippen LogP contribution in [0.5, 0.6) is 0 Å². The van der Waals surface area contributed by atoms with Gasteiger partial charge < -0.3 is 11.1 Å². The number of halogens is 2. The molecule has 2 aromatic rings. The minimum atomic E-state index is -0.799. The maximum Gasteiger partial charge on any atom is 0.271 e. The first kappa shape index (κ1) is 14.5. The molecule has 0 radical (unpaired) electrons. The Balaban J connectivity index is 2.15. The molecule has 1 unspecified atom stereocenters. The number of thiazole rings is 1. The molecule has 7 heteroatoms. The van der Waals surface area contributed by atoms with Gasteiger partial charge in [-0.2, -0.15) is 0 Å². The van der Waals surface area contributed by atoms with Gasteiger partial charge in [0, 0.05) is 17.5 Å². The van der Waals surface area contributed by atoms with E-state index in [1.165, 1.54) is 24.3 Å². The number of hydrogen-bond donors (Lipinski definition) is 2. The number of amides is 1. The van der Waals surface area contributed by atoms with Crippen LogP contribution in [-0.2, 0) is 6.54 Å². The van der Waals surface area contributed by atoms with Gasteiger partial charge in [-0.1, -0.05) is 6.07 Å². The molecule has 0 bridgehead atoms. The number of benzene rings is 1. The monoisotopic (exact) mass is 297 g/mol. The molecule has 3 N–H and O–H groups in total. The summed E-state index contributed by atoms with van der Waals surface area (Å²) in [6.45, 7) is 1.76. The predicted octanol–water partition coefficient (Wildman–Crippen LogP) is 2.37. The molecule has 2 rings (SSSR count). The predicted molar refractivity (Wildman–Crippen MR) is 72.2 cm³/mol. The molecule has 0 aliphatic carbocycles. The fraction of sp³-hybridized carbons (Fsp3) is 0.231. The van der Waals surface area contributed by atoms with Gasteiger partial charge in [0.1, 0.15) is 22.3 Å². The van der Waals surface area contributed by atoms with E-state index in [1.807, 2.05) is 0 Å². The molecule has 0 fully saturated rings. The van der Waals surface area contributed by atoms with Crippen LogP contribution in [0.1, 0.15) is 34.0 Å². The molecule has 0 aliphatic heterocycles. The third-order valence-corrected chi connectivity index (χ3v) is 3.61. The topological polar surface area (TPSA) is 68.0 Å². The molecule has 20 heavy (non-hydrogen) atoms. The molecule has 1 amide bonds. The number of nitrogens with one attached hydrogen (secondary N) is 1. The third-order valence-electron chi connectivity index (χ3n) is 2.74. The van der Waals surface area contributed by atoms with E-state index in [0.717, 1.165) is 12.1 Å². The van der Waals surface area contributed by atoms with Gasteiger partial charge in [0.25, 0.3) is 5.91 Å². The SMILES string of the molecule is CC(NC(=O)c1csc(CN)n1)c1c(F)cccc1F. The number of rotatable bonds is 4. The first-order chi connectivity index (χ1) is 9.52. The quantitative estimate of drug-likeness (QED) is 0.910. The molecule has 0 saturated carbocycles. The standard InChI is InChI=1S/C13H13F2N3OS/c1-7(12-8(14)3-2-4-9(12)15)17-13(19)10-6-20-11(5-16)18-10/h2-4,6-7H,5,16H2,1H3,(H,17,19). The zero-order valence-corrected chi connectivity index (χ0v) is 11.5. The summed E-state index contributed by atoms with van der Waals surface area (Å²) in [7, 11) is 0. The second-order valence-electron chi connectivity index (χ2n) is 4.16. The lowest BCUT2D eigenvalue weighted by Gasteiger charge is -2.15. The minimum Gasteiger partial charge on any atom is -0.344 e. The average molecular weight is 297 g/mol. The highest BCUT2D eigenvalue weighted by Crippen LogP contribution is 2.20. The van der Waals surface area contributed by atoms with Crippen molar-refractivity contribution in [1.82, 2.24) is 10.3 Å². The normalized spacial score (nSPS) is 12.2. The van der Waals surface area contributed by atoms with E-state index in [4.69, 9.17) is 5.73 Å². The van der Waals surface area contributed by atoms with Crippen molar-refractivity contribution in [3.8, 4) is 0 Å². The summed E-state index contributed by atoms with van der Waals surface area (Å²) in [4.78, 5) is 15.9. The lowest BCUT2D eigenvalue weighted by Crippen LogP contribution is -2.28. The Kier molecular flexibility index (Phi) is 4.41. The van der Waals surface area contributed by atoms with Crippen LogP contribution < -0.4 is 11.1 Å². The highest BCUT2D eigenvalue weighted by molar-refractivity contribution is 7.09. The number of aromatic nitrogens is 1. The number of nitrogens with zero attached hydrogens (tertiary/aromatic N) is 1. The number of nitrogens with two attached hydrogens (primary N) is 1. The molecule has 0 spiro atoms. The van der Waals surface area contributed by atoms with E-state index < -0.39 is 23.6 Å². The Morgan fingerprint density at radius 1 is 1.45 bits per heavy atom. The summed E-state index contributed by atoms with van der Waals surface area (Å²) in [5, 5.41) is 4.70. The lowest BCUT2D eigenvalue weighted by atomic mass is 10.1. The van der Waals surface area contributed by atoms with Crippen molar-refractivity contribution in [2.24, 2.45) is 5.73 Å². The van der Waals surface area contributed by atoms with Crippen LogP contribution in [0.2, 0.25) is 0 Å². The molecule has 1 aromatic heterocycles. The summed E-state index contributed by atoms with van der Waals surface area (Å²) in [6.07, 6.45) is 0. The summed E-state index contributed by atoms with van der Waals surface area (Å²) < 4.78 is 27.2. The van der Waals surface area contributed by atoms with Gasteiger partial charge in [-0.15, -0.1) is 11.3 Å². The van der Waals surface area contributed by atoms with Gasteiger partial charge in [0.2, 0.25) is 0 Å². The van der Waals surface area contributed by atoms with Crippen molar-refractivity contribution in [3.05, 3.63) is 51.5 Å². The Hall–Kier alpha value is -1.86. The zero-order valence-electron chi connectivity index (χ0n) is 10.7. The fourth-order valence-corrected chi connectivity index (χ4v) is 2.43. The second kappa shape index (κ2) is 6.06. The van der Waals surface area contributed by atoms with Crippen LogP contribution in [0.15, 0.2) is 23.6 Å². The average Bonchev–Trinajstić information content (AvgIpc) is 2.87. The molecule has 1 atom stereocenters. The van der Waals surface area contributed by atoms with Crippen LogP contribution in [0, 0.1) is 11.6 Å². The minimum absolute atomic E-state index is 0.171. The molecule has 1 aromatic carbocycles. The van der Waals surface area contributed by atoms with Crippen LogP contribution in [0.4, 0.5) is 8.78 Å². The van der Waals surface area contributed by atoms with Crippen LogP contribution >= 0.6 is 11.3 Å². The summed E-state index contributed by atoms with van der Waals surface area (Å²) >= 11 is 1.26. The fourth-order valence-electron chi connectivity index (χ4n) is 1.78. The van der Waals surface area contributed by atoms with Crippen LogP contribution in [0.25, 0.3) is 0 Å². The van der Waals surface area contributed by atoms with Gasteiger partial charge in [0.15, 0.2) is 0 Å². The van der Waals surface area contributed by atoms with Crippen molar-refractivity contribution < 1.29 is 13.6 Å². The van der Waals surface area contributed by atoms with E-state index >= 15 is 0 Å². The molecule has 4 nitrogen and oxygen atoms in total. The first-order valence-electron chi connectivity index (χ1n) is 5.92. The van der Waals surface area contributed by atoms with Crippen molar-refractivity contribution in [3.63, 3.8) is 0 Å². The summed E-state index contributed by atoms with van der Waals surface area (Å²) in [6, 6.07) is 2.77. The first-order valence-corrected chi connectivity index (χ1v) is 6.80. The van der Waals surface area contributed by atoms with E-state index in [-0.39, 0.29) is 17.8 Å². The van der Waals surface area contributed by atoms with Crippen molar-refractivity contribution in [2.45, 2.75) is 19.5 Å². The number of carbonyl (C=O) groups is 1. The lowest BCUT2D eigenvalue weighted by molar-refractivity contribution is 0.0934. The molecule has 1 heterocycles. The molecule has 106 valence electrons. The second-order valence-corrected chi connectivity index (χ2v) is 5.10. The molecule has 0 saturated heterocycles. The van der Waals surface area contributed by atoms with Gasteiger partial charge >= 0.3 is 0 Å². The largest absolute Gasteiger partial charge is 0.344 e. The van der Waals surface area contributed by atoms with E-state index in [2.05, 4.69) is 10.3 Å². The molecular formula is C13H13F2N3OS. The Labute approximate surface area is 118 Å². The zero-order chi connectivity index (χ0) is 14.7. The number of hydrogen-bond acceptors (Lipinski definition) is 4. The van der Waals surface area contributed by atoms with Crippen molar-refractivity contribution in [1.29, 1.82) is 0 Å². The maximum atomic E-state index is 13.6. The van der Waals surface area contributed by atoms with Crippen molar-refractivity contribution >= 4 is 17.2 Å². The van der Waals surface area contributed by atoms with Gasteiger partial charge in [-0.3, -0.25) is 4.79 Å². The molecule has 0 aliphatic rings. The van der Waals surface area contributed by atoms with Crippen molar-refractivity contribution in [2.75, 3.05) is 0 Å². The van der Waals surface area contributed by atoms with Gasteiger partial charge in [0.05, 0.1) is 6.04 Å². The highest BCUT2D eigenvalue weighted by atomic mass is 32.1. The maximum absolute atomic E-state index is 13.6. The van der Waals surface area contributed by atoms with E-state index in [9.17, 15) is 13.6 Å². The van der Waals surface area contributed by atoms with E-state index in [0.29, 0.717) is 5.01 Å². The van der Waals surface area contributed by atoms with Crippen LogP contribution in [-0.4, -0.2) is 10.9 Å². The Morgan fingerprint density at radius 2 is 2.10 bits per heavy atom. The Morgan fingerprint density at radius 3 is 2.65 bits per heavy atom. The van der Waals surface area contributed by atoms with Gasteiger partial charge in [-0.05, 0) is 19.1 Å². The summed E-state index contributed by atoms with van der Waals surface area (Å²) in [5.41, 5.74) is 5.43. The smallest absolute Gasteiger partial charge is 0.271 e. The van der Waals surface area contributed by atoms with E-state index in [1.54, 1.807) is 5.38 Å². The Bertz CT molecular complexity index is 610. The molecular weight excluding hydrogens is 284 g/mol. The van der Waals surface area contributed by atoms with Gasteiger partial charge in [-0.25, -0.2) is 13.8 Å². The summed E-state index contributed by atoms with van der Waals surface area (Å²) in [5.74, 6) is -1.88. The van der Waals surface area contributed by atoms with Crippen LogP contribution in [0.3, 0.4) is 0 Å².